The van der Waals surface area contributed by atoms with Gasteiger partial charge in [-0.25, -0.2) is 4.98 Å². The standard InChI is InChI=1S/C13H21N3O3/c1-4-7-19-11-8-10(3)15-13(16-11)14-9(2)5-6-12(17)18/h8-9H,4-7H2,1-3H3,(H,17,18)(H,14,15,16). The predicted octanol–water partition coefficient (Wildman–Crippen LogP) is 2.24. The quantitative estimate of drug-likeness (QED) is 0.751. The molecule has 0 saturated carbocycles. The first-order valence-corrected chi connectivity index (χ1v) is 6.48. The number of hydrogen-bond acceptors (Lipinski definition) is 5. The molecule has 19 heavy (non-hydrogen) atoms. The van der Waals surface area contributed by atoms with E-state index >= 15 is 0 Å². The Morgan fingerprint density at radius 3 is 2.89 bits per heavy atom. The summed E-state index contributed by atoms with van der Waals surface area (Å²) in [5.74, 6) is 0.219. The highest BCUT2D eigenvalue weighted by molar-refractivity contribution is 5.66. The van der Waals surface area contributed by atoms with E-state index in [0.717, 1.165) is 12.1 Å². The third-order valence-electron chi connectivity index (χ3n) is 2.45. The Bertz CT molecular complexity index is 424. The van der Waals surface area contributed by atoms with E-state index in [9.17, 15) is 4.79 Å². The smallest absolute Gasteiger partial charge is 0.303 e. The molecule has 0 aliphatic rings. The highest BCUT2D eigenvalue weighted by Crippen LogP contribution is 2.13. The first-order valence-electron chi connectivity index (χ1n) is 6.48. The number of aromatic nitrogens is 2. The summed E-state index contributed by atoms with van der Waals surface area (Å²) in [7, 11) is 0. The van der Waals surface area contributed by atoms with Crippen molar-refractivity contribution < 1.29 is 14.6 Å². The Hall–Kier alpha value is -1.85. The number of nitrogens with zero attached hydrogens (tertiary/aromatic N) is 2. The number of nitrogens with one attached hydrogen (secondary N) is 1. The summed E-state index contributed by atoms with van der Waals surface area (Å²) >= 11 is 0. The summed E-state index contributed by atoms with van der Waals surface area (Å²) < 4.78 is 5.47. The zero-order chi connectivity index (χ0) is 14.3. The first-order chi connectivity index (χ1) is 9.01. The lowest BCUT2D eigenvalue weighted by Gasteiger charge is -2.14. The Morgan fingerprint density at radius 2 is 2.26 bits per heavy atom. The van der Waals surface area contributed by atoms with Crippen LogP contribution >= 0.6 is 0 Å². The van der Waals surface area contributed by atoms with Crippen molar-refractivity contribution in [2.75, 3.05) is 11.9 Å². The van der Waals surface area contributed by atoms with Crippen molar-refractivity contribution in [3.63, 3.8) is 0 Å². The molecule has 0 saturated heterocycles. The normalized spacial score (nSPS) is 11.9. The van der Waals surface area contributed by atoms with Crippen LogP contribution in [0.3, 0.4) is 0 Å². The van der Waals surface area contributed by atoms with E-state index in [0.29, 0.717) is 24.9 Å². The van der Waals surface area contributed by atoms with Crippen LogP contribution < -0.4 is 10.1 Å². The van der Waals surface area contributed by atoms with E-state index in [-0.39, 0.29) is 12.5 Å². The SMILES string of the molecule is CCCOc1cc(C)nc(NC(C)CCC(=O)O)n1. The van der Waals surface area contributed by atoms with Crippen molar-refractivity contribution >= 4 is 11.9 Å². The van der Waals surface area contributed by atoms with Crippen LogP contribution in [0, 0.1) is 6.92 Å². The Kier molecular flexibility index (Phi) is 6.05. The summed E-state index contributed by atoms with van der Waals surface area (Å²) in [6.07, 6.45) is 1.57. The second kappa shape index (κ2) is 7.56. The maximum Gasteiger partial charge on any atom is 0.303 e. The van der Waals surface area contributed by atoms with E-state index in [4.69, 9.17) is 9.84 Å². The number of anilines is 1. The van der Waals surface area contributed by atoms with Gasteiger partial charge in [-0.15, -0.1) is 0 Å². The number of carboxylic acid groups (broad SMARTS) is 1. The van der Waals surface area contributed by atoms with Crippen LogP contribution in [0.1, 0.15) is 38.8 Å². The lowest BCUT2D eigenvalue weighted by atomic mass is 10.2. The molecule has 0 bridgehead atoms. The van der Waals surface area contributed by atoms with E-state index < -0.39 is 5.97 Å². The molecular weight excluding hydrogens is 246 g/mol. The van der Waals surface area contributed by atoms with Crippen LogP contribution in [0.4, 0.5) is 5.95 Å². The van der Waals surface area contributed by atoms with Gasteiger partial charge in [0.1, 0.15) is 0 Å². The zero-order valence-electron chi connectivity index (χ0n) is 11.6. The van der Waals surface area contributed by atoms with Crippen LogP contribution in [-0.2, 0) is 4.79 Å². The number of aliphatic carboxylic acids is 1. The second-order valence-corrected chi connectivity index (χ2v) is 4.50. The number of carbonyl (C=O) groups is 1. The maximum absolute atomic E-state index is 10.5. The molecule has 0 radical (unpaired) electrons. The van der Waals surface area contributed by atoms with Crippen molar-refractivity contribution in [1.82, 2.24) is 9.97 Å². The van der Waals surface area contributed by atoms with E-state index in [1.54, 1.807) is 6.07 Å². The molecule has 1 atom stereocenters. The molecule has 0 aromatic carbocycles. The van der Waals surface area contributed by atoms with Gasteiger partial charge in [-0.3, -0.25) is 4.79 Å². The Morgan fingerprint density at radius 1 is 1.53 bits per heavy atom. The molecule has 2 N–H and O–H groups in total. The molecule has 1 aromatic rings. The van der Waals surface area contributed by atoms with Gasteiger partial charge in [-0.05, 0) is 26.7 Å². The first kappa shape index (κ1) is 15.2. The fourth-order valence-corrected chi connectivity index (χ4v) is 1.52. The average molecular weight is 267 g/mol. The largest absolute Gasteiger partial charge is 0.481 e. The molecule has 0 aliphatic carbocycles. The van der Waals surface area contributed by atoms with Crippen molar-refractivity contribution in [1.29, 1.82) is 0 Å². The second-order valence-electron chi connectivity index (χ2n) is 4.50. The molecule has 0 amide bonds. The molecule has 6 nitrogen and oxygen atoms in total. The van der Waals surface area contributed by atoms with Crippen LogP contribution in [0.15, 0.2) is 6.07 Å². The lowest BCUT2D eigenvalue weighted by Crippen LogP contribution is -2.18. The van der Waals surface area contributed by atoms with Gasteiger partial charge >= 0.3 is 5.97 Å². The van der Waals surface area contributed by atoms with Gasteiger partial charge in [0.2, 0.25) is 11.8 Å². The molecule has 1 aromatic heterocycles. The number of hydrogen-bond donors (Lipinski definition) is 2. The molecule has 0 spiro atoms. The fourth-order valence-electron chi connectivity index (χ4n) is 1.52. The van der Waals surface area contributed by atoms with Crippen LogP contribution in [-0.4, -0.2) is 33.7 Å². The highest BCUT2D eigenvalue weighted by Gasteiger charge is 2.08. The molecule has 0 aliphatic heterocycles. The van der Waals surface area contributed by atoms with E-state index in [2.05, 4.69) is 15.3 Å². The van der Waals surface area contributed by atoms with Crippen LogP contribution in [0.2, 0.25) is 0 Å². The van der Waals surface area contributed by atoms with Gasteiger partial charge < -0.3 is 15.2 Å². The number of rotatable bonds is 8. The summed E-state index contributed by atoms with van der Waals surface area (Å²) in [6.45, 7) is 6.42. The van der Waals surface area contributed by atoms with Crippen LogP contribution in [0.5, 0.6) is 5.88 Å². The molecule has 1 unspecified atom stereocenters. The van der Waals surface area contributed by atoms with Gasteiger partial charge in [0.25, 0.3) is 0 Å². The zero-order valence-corrected chi connectivity index (χ0v) is 11.6. The minimum Gasteiger partial charge on any atom is -0.481 e. The fraction of sp³-hybridized carbons (Fsp3) is 0.615. The number of carboxylic acids is 1. The minimum absolute atomic E-state index is 0.00285. The number of aryl methyl sites for hydroxylation is 1. The van der Waals surface area contributed by atoms with Crippen LogP contribution in [0.25, 0.3) is 0 Å². The summed E-state index contributed by atoms with van der Waals surface area (Å²) in [5.41, 5.74) is 0.814. The van der Waals surface area contributed by atoms with Gasteiger partial charge in [0.15, 0.2) is 0 Å². The van der Waals surface area contributed by atoms with Crippen molar-refractivity contribution in [2.45, 2.75) is 46.1 Å². The predicted molar refractivity (Wildman–Crippen MR) is 72.5 cm³/mol. The Labute approximate surface area is 113 Å². The van der Waals surface area contributed by atoms with E-state index in [1.807, 2.05) is 20.8 Å². The molecule has 106 valence electrons. The number of ether oxygens (including phenoxy) is 1. The monoisotopic (exact) mass is 267 g/mol. The van der Waals surface area contributed by atoms with Crippen molar-refractivity contribution in [2.24, 2.45) is 0 Å². The average Bonchev–Trinajstić information content (AvgIpc) is 2.33. The molecule has 1 heterocycles. The van der Waals surface area contributed by atoms with Crippen molar-refractivity contribution in [3.8, 4) is 5.88 Å². The van der Waals surface area contributed by atoms with Gasteiger partial charge in [-0.2, -0.15) is 4.98 Å². The minimum atomic E-state index is -0.800. The maximum atomic E-state index is 10.5. The lowest BCUT2D eigenvalue weighted by molar-refractivity contribution is -0.137. The van der Waals surface area contributed by atoms with Gasteiger partial charge in [0.05, 0.1) is 6.61 Å². The molecule has 0 fully saturated rings. The molecule has 1 rings (SSSR count). The van der Waals surface area contributed by atoms with Gasteiger partial charge in [-0.1, -0.05) is 6.92 Å². The Balaban J connectivity index is 2.61. The van der Waals surface area contributed by atoms with Gasteiger partial charge in [0, 0.05) is 24.2 Å². The summed E-state index contributed by atoms with van der Waals surface area (Å²) in [4.78, 5) is 19.0. The third-order valence-corrected chi connectivity index (χ3v) is 2.45. The summed E-state index contributed by atoms with van der Waals surface area (Å²) in [6, 6.07) is 1.78. The molecule has 6 heteroatoms. The van der Waals surface area contributed by atoms with Crippen molar-refractivity contribution in [3.05, 3.63) is 11.8 Å². The third kappa shape index (κ3) is 6.03. The molecular formula is C13H21N3O3. The van der Waals surface area contributed by atoms with E-state index in [1.165, 1.54) is 0 Å². The topological polar surface area (TPSA) is 84.3 Å². The summed E-state index contributed by atoms with van der Waals surface area (Å²) in [5, 5.41) is 11.7. The highest BCUT2D eigenvalue weighted by atomic mass is 16.5.